The van der Waals surface area contributed by atoms with Gasteiger partial charge >= 0.3 is 0 Å². The lowest BCUT2D eigenvalue weighted by molar-refractivity contribution is 0.739. The molecule has 0 fully saturated rings. The van der Waals surface area contributed by atoms with Crippen molar-refractivity contribution in [2.24, 2.45) is 0 Å². The van der Waals surface area contributed by atoms with E-state index in [1.807, 2.05) is 18.6 Å². The Kier molecular flexibility index (Phi) is 4.03. The van der Waals surface area contributed by atoms with Crippen LogP contribution in [-0.4, -0.2) is 22.0 Å². The molecule has 3 aromatic heterocycles. The number of thiazole rings is 1. The summed E-state index contributed by atoms with van der Waals surface area (Å²) in [4.78, 5) is 15.7. The fraction of sp³-hybridized carbons (Fsp3) is 0.357. The van der Waals surface area contributed by atoms with Gasteiger partial charge < -0.3 is 10.6 Å². The number of hydrogen-bond acceptors (Lipinski definition) is 7. The van der Waals surface area contributed by atoms with Gasteiger partial charge in [0.1, 0.15) is 15.7 Å². The first-order valence-corrected chi connectivity index (χ1v) is 8.52. The number of hydrogen-bond donors (Lipinski definition) is 2. The molecule has 2 N–H and O–H groups in total. The molecule has 3 heterocycles. The average Bonchev–Trinajstić information content (AvgIpc) is 3.12. The van der Waals surface area contributed by atoms with Crippen molar-refractivity contribution >= 4 is 44.7 Å². The number of nitrogens with one attached hydrogen (secondary N) is 2. The van der Waals surface area contributed by atoms with E-state index in [1.165, 1.54) is 4.88 Å². The van der Waals surface area contributed by atoms with Gasteiger partial charge in [0, 0.05) is 23.5 Å². The van der Waals surface area contributed by atoms with Crippen LogP contribution < -0.4 is 10.6 Å². The van der Waals surface area contributed by atoms with Crippen molar-refractivity contribution in [1.82, 2.24) is 15.0 Å². The zero-order valence-corrected chi connectivity index (χ0v) is 13.8. The van der Waals surface area contributed by atoms with Crippen LogP contribution in [0.1, 0.15) is 29.3 Å². The molecule has 3 aromatic rings. The summed E-state index contributed by atoms with van der Waals surface area (Å²) in [5, 5.41) is 10.7. The molecule has 0 aliphatic carbocycles. The summed E-state index contributed by atoms with van der Waals surface area (Å²) in [7, 11) is 1.84. The molecule has 1 atom stereocenters. The number of aryl methyl sites for hydroxylation is 1. The fourth-order valence-electron chi connectivity index (χ4n) is 2.17. The van der Waals surface area contributed by atoms with Gasteiger partial charge in [0.2, 0.25) is 5.95 Å². The molecule has 3 rings (SSSR count). The number of nitrogens with zero attached hydrogens (tertiary/aromatic N) is 3. The topological polar surface area (TPSA) is 62.7 Å². The quantitative estimate of drug-likeness (QED) is 0.742. The number of rotatable bonds is 5. The monoisotopic (exact) mass is 319 g/mol. The maximum atomic E-state index is 4.58. The van der Waals surface area contributed by atoms with Crippen LogP contribution in [0, 0.1) is 6.92 Å². The number of fused-ring (bicyclic) bond motifs is 1. The Morgan fingerprint density at radius 1 is 1.33 bits per heavy atom. The van der Waals surface area contributed by atoms with E-state index in [0.29, 0.717) is 5.95 Å². The largest absolute Gasteiger partial charge is 0.360 e. The second-order valence-corrected chi connectivity index (χ2v) is 6.86. The normalized spacial score (nSPS) is 12.5. The number of anilines is 2. The fourth-order valence-corrected chi connectivity index (χ4v) is 3.83. The molecule has 5 nitrogen and oxygen atoms in total. The molecule has 0 radical (unpaired) electrons. The van der Waals surface area contributed by atoms with E-state index in [1.54, 1.807) is 22.7 Å². The Hall–Kier alpha value is -1.73. The molecular formula is C14H17N5S2. The first kappa shape index (κ1) is 14.2. The molecule has 1 unspecified atom stereocenters. The smallest absolute Gasteiger partial charge is 0.225 e. The van der Waals surface area contributed by atoms with E-state index in [9.17, 15) is 0 Å². The van der Waals surface area contributed by atoms with Crippen molar-refractivity contribution in [3.8, 4) is 0 Å². The second kappa shape index (κ2) is 5.95. The molecular weight excluding hydrogens is 302 g/mol. The highest BCUT2D eigenvalue weighted by Crippen LogP contribution is 2.32. The summed E-state index contributed by atoms with van der Waals surface area (Å²) in [6.07, 6.45) is 2.80. The zero-order valence-electron chi connectivity index (χ0n) is 12.2. The van der Waals surface area contributed by atoms with Crippen LogP contribution >= 0.6 is 22.7 Å². The Balaban J connectivity index is 2.02. The van der Waals surface area contributed by atoms with Crippen molar-refractivity contribution in [3.05, 3.63) is 27.5 Å². The third kappa shape index (κ3) is 2.84. The van der Waals surface area contributed by atoms with Crippen LogP contribution in [0.5, 0.6) is 0 Å². The maximum absolute atomic E-state index is 4.58. The highest BCUT2D eigenvalue weighted by molar-refractivity contribution is 7.18. The van der Waals surface area contributed by atoms with Crippen LogP contribution in [0.4, 0.5) is 11.8 Å². The van der Waals surface area contributed by atoms with Crippen molar-refractivity contribution in [2.45, 2.75) is 26.3 Å². The average molecular weight is 319 g/mol. The first-order chi connectivity index (χ1) is 10.2. The minimum Gasteiger partial charge on any atom is -0.360 e. The molecule has 0 amide bonds. The zero-order chi connectivity index (χ0) is 14.8. The van der Waals surface area contributed by atoms with E-state index < -0.39 is 0 Å². The van der Waals surface area contributed by atoms with Gasteiger partial charge in [0.05, 0.1) is 11.4 Å². The third-order valence-corrected chi connectivity index (χ3v) is 5.04. The van der Waals surface area contributed by atoms with Gasteiger partial charge in [0.15, 0.2) is 0 Å². The van der Waals surface area contributed by atoms with Crippen LogP contribution in [0.15, 0.2) is 17.6 Å². The van der Waals surface area contributed by atoms with Gasteiger partial charge in [-0.2, -0.15) is 4.98 Å². The predicted molar refractivity (Wildman–Crippen MR) is 90.5 cm³/mol. The molecule has 0 aromatic carbocycles. The lowest BCUT2D eigenvalue weighted by Gasteiger charge is -2.16. The first-order valence-electron chi connectivity index (χ1n) is 6.83. The minimum atomic E-state index is 0.174. The van der Waals surface area contributed by atoms with Crippen LogP contribution in [0.2, 0.25) is 0 Å². The van der Waals surface area contributed by atoms with Crippen molar-refractivity contribution in [1.29, 1.82) is 0 Å². The van der Waals surface area contributed by atoms with Gasteiger partial charge in [-0.1, -0.05) is 6.92 Å². The molecule has 110 valence electrons. The van der Waals surface area contributed by atoms with Gasteiger partial charge in [-0.25, -0.2) is 9.97 Å². The van der Waals surface area contributed by atoms with E-state index in [-0.39, 0.29) is 6.04 Å². The molecule has 0 aliphatic rings. The van der Waals surface area contributed by atoms with Crippen molar-refractivity contribution in [3.63, 3.8) is 0 Å². The summed E-state index contributed by atoms with van der Waals surface area (Å²) < 4.78 is 0. The molecule has 0 bridgehead atoms. The third-order valence-electron chi connectivity index (χ3n) is 3.21. The lowest BCUT2D eigenvalue weighted by Crippen LogP contribution is -2.11. The SMILES string of the molecule is CCC(Nc1nc(NC)nc2sc(C)cc12)c1nccs1. The van der Waals surface area contributed by atoms with Gasteiger partial charge in [-0.3, -0.25) is 0 Å². The van der Waals surface area contributed by atoms with Crippen molar-refractivity contribution < 1.29 is 0 Å². The van der Waals surface area contributed by atoms with E-state index >= 15 is 0 Å². The maximum Gasteiger partial charge on any atom is 0.225 e. The summed E-state index contributed by atoms with van der Waals surface area (Å²) in [6.45, 7) is 4.24. The Bertz CT molecular complexity index is 735. The van der Waals surface area contributed by atoms with E-state index in [2.05, 4.69) is 45.5 Å². The second-order valence-electron chi connectivity index (χ2n) is 4.70. The van der Waals surface area contributed by atoms with Gasteiger partial charge in [0.25, 0.3) is 0 Å². The number of thiophene rings is 1. The molecule has 21 heavy (non-hydrogen) atoms. The summed E-state index contributed by atoms with van der Waals surface area (Å²) in [5.74, 6) is 1.51. The molecule has 0 spiro atoms. The Labute approximate surface area is 131 Å². The molecule has 0 aliphatic heterocycles. The van der Waals surface area contributed by atoms with Crippen LogP contribution in [0.25, 0.3) is 10.2 Å². The van der Waals surface area contributed by atoms with Gasteiger partial charge in [-0.15, -0.1) is 22.7 Å². The lowest BCUT2D eigenvalue weighted by atomic mass is 10.2. The van der Waals surface area contributed by atoms with Crippen LogP contribution in [-0.2, 0) is 0 Å². The van der Waals surface area contributed by atoms with Gasteiger partial charge in [-0.05, 0) is 19.4 Å². The highest BCUT2D eigenvalue weighted by Gasteiger charge is 2.16. The Morgan fingerprint density at radius 2 is 2.19 bits per heavy atom. The highest BCUT2D eigenvalue weighted by atomic mass is 32.1. The summed E-state index contributed by atoms with van der Waals surface area (Å²) >= 11 is 3.35. The summed E-state index contributed by atoms with van der Waals surface area (Å²) in [5.41, 5.74) is 0. The standard InChI is InChI=1S/C14H17N5S2/c1-4-10(13-16-5-6-20-13)17-11-9-7-8(2)21-12(9)19-14(15-3)18-11/h5-7,10H,4H2,1-3H3,(H2,15,17,18,19). The predicted octanol–water partition coefficient (Wildman–Crippen LogP) is 4.06. The molecule has 7 heteroatoms. The summed E-state index contributed by atoms with van der Waals surface area (Å²) in [6, 6.07) is 2.31. The van der Waals surface area contributed by atoms with Crippen LogP contribution in [0.3, 0.4) is 0 Å². The van der Waals surface area contributed by atoms with E-state index in [4.69, 9.17) is 0 Å². The van der Waals surface area contributed by atoms with Crippen molar-refractivity contribution in [2.75, 3.05) is 17.7 Å². The Morgan fingerprint density at radius 3 is 2.86 bits per heavy atom. The number of aromatic nitrogens is 3. The molecule has 0 saturated carbocycles. The van der Waals surface area contributed by atoms with E-state index in [0.717, 1.165) is 27.5 Å². The molecule has 0 saturated heterocycles. The minimum absolute atomic E-state index is 0.174.